The summed E-state index contributed by atoms with van der Waals surface area (Å²) in [5, 5.41) is 30.4. The summed E-state index contributed by atoms with van der Waals surface area (Å²) in [6.45, 7) is 3.69. The number of carbonyl (C=O) groups excluding carboxylic acids is 2. The van der Waals surface area contributed by atoms with Crippen molar-refractivity contribution in [1.82, 2.24) is 0 Å². The third kappa shape index (κ3) is 3.50. The average molecular weight is 424 g/mol. The Balaban J connectivity index is 1.98. The highest BCUT2D eigenvalue weighted by Gasteiger charge is 2.47. The summed E-state index contributed by atoms with van der Waals surface area (Å²) in [6.07, 6.45) is 0. The largest absolute Gasteiger partial charge is 0.508 e. The first-order valence-corrected chi connectivity index (χ1v) is 9.99. The van der Waals surface area contributed by atoms with Crippen molar-refractivity contribution >= 4 is 23.1 Å². The maximum atomic E-state index is 13.2. The quantitative estimate of drug-likeness (QED) is 0.366. The van der Waals surface area contributed by atoms with E-state index in [9.17, 15) is 19.8 Å². The lowest BCUT2D eigenvalue weighted by atomic mass is 9.93. The number of aliphatic hydroxyl groups is 1. The van der Waals surface area contributed by atoms with Gasteiger partial charge in [-0.1, -0.05) is 29.8 Å². The first-order chi connectivity index (χ1) is 15.3. The lowest BCUT2D eigenvalue weighted by Crippen LogP contribution is -2.29. The van der Waals surface area contributed by atoms with E-state index in [2.05, 4.69) is 0 Å². The van der Waals surface area contributed by atoms with E-state index in [0.717, 1.165) is 11.1 Å². The number of hydrogen-bond acceptors (Lipinski definition) is 5. The smallest absolute Gasteiger partial charge is 0.300 e. The molecule has 1 unspecified atom stereocenters. The van der Waals surface area contributed by atoms with Crippen molar-refractivity contribution in [2.45, 2.75) is 19.9 Å². The molecule has 0 aromatic heterocycles. The molecule has 158 valence electrons. The van der Waals surface area contributed by atoms with Crippen molar-refractivity contribution < 1.29 is 19.8 Å². The number of aromatic hydroxyl groups is 1. The van der Waals surface area contributed by atoms with E-state index < -0.39 is 17.7 Å². The zero-order valence-electron chi connectivity index (χ0n) is 17.5. The lowest BCUT2D eigenvalue weighted by Gasteiger charge is -2.25. The molecule has 4 rings (SSSR count). The van der Waals surface area contributed by atoms with Crippen LogP contribution in [0, 0.1) is 25.2 Å². The van der Waals surface area contributed by atoms with Gasteiger partial charge in [-0.25, -0.2) is 0 Å². The van der Waals surface area contributed by atoms with Crippen LogP contribution in [0.2, 0.25) is 0 Å². The average Bonchev–Trinajstić information content (AvgIpc) is 3.05. The zero-order valence-corrected chi connectivity index (χ0v) is 17.5. The monoisotopic (exact) mass is 424 g/mol. The van der Waals surface area contributed by atoms with Crippen LogP contribution in [0.25, 0.3) is 5.76 Å². The second kappa shape index (κ2) is 8.05. The van der Waals surface area contributed by atoms with E-state index in [1.807, 2.05) is 32.0 Å². The molecule has 32 heavy (non-hydrogen) atoms. The molecule has 2 N–H and O–H groups in total. The van der Waals surface area contributed by atoms with Gasteiger partial charge in [-0.3, -0.25) is 14.5 Å². The number of aryl methyl sites for hydroxylation is 2. The van der Waals surface area contributed by atoms with Crippen LogP contribution in [0.15, 0.2) is 72.3 Å². The molecule has 6 heteroatoms. The maximum absolute atomic E-state index is 13.2. The minimum absolute atomic E-state index is 0.0281. The van der Waals surface area contributed by atoms with Crippen molar-refractivity contribution in [3.05, 3.63) is 100 Å². The Hall–Kier alpha value is -4.37. The van der Waals surface area contributed by atoms with E-state index in [1.165, 1.54) is 17.0 Å². The number of nitriles is 1. The predicted octanol–water partition coefficient (Wildman–Crippen LogP) is 4.51. The van der Waals surface area contributed by atoms with Crippen LogP contribution < -0.4 is 4.90 Å². The number of nitrogens with zero attached hydrogens (tertiary/aromatic N) is 2. The molecule has 3 aromatic rings. The van der Waals surface area contributed by atoms with E-state index in [-0.39, 0.29) is 17.1 Å². The fourth-order valence-electron chi connectivity index (χ4n) is 3.94. The van der Waals surface area contributed by atoms with Gasteiger partial charge in [0.25, 0.3) is 11.7 Å². The molecular formula is C26H20N2O4. The fourth-order valence-corrected chi connectivity index (χ4v) is 3.94. The minimum Gasteiger partial charge on any atom is -0.508 e. The summed E-state index contributed by atoms with van der Waals surface area (Å²) in [4.78, 5) is 27.6. The van der Waals surface area contributed by atoms with Crippen LogP contribution in [0.5, 0.6) is 5.75 Å². The van der Waals surface area contributed by atoms with Crippen molar-refractivity contribution in [2.24, 2.45) is 0 Å². The van der Waals surface area contributed by atoms with Gasteiger partial charge in [-0.05, 0) is 67.4 Å². The number of carbonyl (C=O) groups is 2. The van der Waals surface area contributed by atoms with Crippen LogP contribution in [-0.4, -0.2) is 21.9 Å². The van der Waals surface area contributed by atoms with Crippen molar-refractivity contribution in [3.63, 3.8) is 0 Å². The van der Waals surface area contributed by atoms with Gasteiger partial charge in [0, 0.05) is 11.3 Å². The molecule has 1 amide bonds. The molecule has 0 saturated carbocycles. The van der Waals surface area contributed by atoms with E-state index >= 15 is 0 Å². The van der Waals surface area contributed by atoms with E-state index in [0.29, 0.717) is 22.4 Å². The molecule has 6 nitrogen and oxygen atoms in total. The second-order valence-corrected chi connectivity index (χ2v) is 7.74. The first-order valence-electron chi connectivity index (χ1n) is 9.99. The molecule has 1 saturated heterocycles. The van der Waals surface area contributed by atoms with E-state index in [1.54, 1.807) is 42.5 Å². The predicted molar refractivity (Wildman–Crippen MR) is 120 cm³/mol. The fraction of sp³-hybridized carbons (Fsp3) is 0.115. The number of ketones is 1. The third-order valence-electron chi connectivity index (χ3n) is 5.55. The van der Waals surface area contributed by atoms with Gasteiger partial charge < -0.3 is 10.2 Å². The van der Waals surface area contributed by atoms with Crippen LogP contribution in [0.3, 0.4) is 0 Å². The molecule has 0 radical (unpaired) electrons. The number of Topliss-reactive ketones (excluding diaryl/α,β-unsaturated/α-hetero) is 1. The van der Waals surface area contributed by atoms with Gasteiger partial charge in [0.15, 0.2) is 0 Å². The number of hydrogen-bond donors (Lipinski definition) is 2. The van der Waals surface area contributed by atoms with Crippen LogP contribution in [0.1, 0.15) is 33.9 Å². The van der Waals surface area contributed by atoms with Crippen molar-refractivity contribution in [3.8, 4) is 11.8 Å². The molecule has 1 aliphatic heterocycles. The Morgan fingerprint density at radius 1 is 1.00 bits per heavy atom. The standard InChI is InChI=1S/C26H20N2O4/c1-15-6-7-16(2)21(12-15)24(30)22-23(18-4-3-5-20(29)13-18)28(26(32)25(22)31)19-10-8-17(14-27)9-11-19/h3-13,23,29-30H,1-2H3/b24-22+. The molecule has 1 heterocycles. The van der Waals surface area contributed by atoms with Gasteiger partial charge in [0.1, 0.15) is 11.5 Å². The summed E-state index contributed by atoms with van der Waals surface area (Å²) in [7, 11) is 0. The van der Waals surface area contributed by atoms with Crippen molar-refractivity contribution in [2.75, 3.05) is 4.90 Å². The summed E-state index contributed by atoms with van der Waals surface area (Å²) in [5.41, 5.74) is 3.35. The number of amides is 1. The van der Waals surface area contributed by atoms with Crippen LogP contribution in [-0.2, 0) is 9.59 Å². The lowest BCUT2D eigenvalue weighted by molar-refractivity contribution is -0.132. The van der Waals surface area contributed by atoms with Gasteiger partial charge >= 0.3 is 0 Å². The number of anilines is 1. The Kier molecular flexibility index (Phi) is 5.25. The summed E-state index contributed by atoms with van der Waals surface area (Å²) in [5.74, 6) is -1.91. The number of phenols is 1. The normalized spacial score (nSPS) is 17.4. The molecule has 0 spiro atoms. The number of rotatable bonds is 3. The second-order valence-electron chi connectivity index (χ2n) is 7.74. The highest BCUT2D eigenvalue weighted by atomic mass is 16.3. The Morgan fingerprint density at radius 3 is 2.38 bits per heavy atom. The Labute approximate surface area is 185 Å². The molecule has 3 aromatic carbocycles. The minimum atomic E-state index is -0.949. The van der Waals surface area contributed by atoms with Gasteiger partial charge in [0.05, 0.1) is 23.2 Å². The Morgan fingerprint density at radius 2 is 1.72 bits per heavy atom. The molecular weight excluding hydrogens is 404 g/mol. The highest BCUT2D eigenvalue weighted by Crippen LogP contribution is 2.43. The summed E-state index contributed by atoms with van der Waals surface area (Å²) in [6, 6.07) is 19.1. The summed E-state index contributed by atoms with van der Waals surface area (Å²) >= 11 is 0. The zero-order chi connectivity index (χ0) is 23.0. The van der Waals surface area contributed by atoms with Crippen LogP contribution >= 0.6 is 0 Å². The molecule has 1 aliphatic rings. The summed E-state index contributed by atoms with van der Waals surface area (Å²) < 4.78 is 0. The highest BCUT2D eigenvalue weighted by molar-refractivity contribution is 6.51. The molecule has 1 atom stereocenters. The van der Waals surface area contributed by atoms with Gasteiger partial charge in [0.2, 0.25) is 0 Å². The van der Waals surface area contributed by atoms with Gasteiger partial charge in [-0.15, -0.1) is 0 Å². The molecule has 1 fully saturated rings. The van der Waals surface area contributed by atoms with Crippen LogP contribution in [0.4, 0.5) is 5.69 Å². The topological polar surface area (TPSA) is 102 Å². The van der Waals surface area contributed by atoms with Gasteiger partial charge in [-0.2, -0.15) is 5.26 Å². The SMILES string of the molecule is Cc1ccc(C)c(/C(O)=C2\C(=O)C(=O)N(c3ccc(C#N)cc3)C2c2cccc(O)c2)c1. The van der Waals surface area contributed by atoms with E-state index in [4.69, 9.17) is 5.26 Å². The molecule has 0 bridgehead atoms. The third-order valence-corrected chi connectivity index (χ3v) is 5.55. The number of benzene rings is 3. The number of phenolic OH excluding ortho intramolecular Hbond substituents is 1. The number of aliphatic hydroxyl groups excluding tert-OH is 1. The molecule has 0 aliphatic carbocycles. The Bertz CT molecular complexity index is 1320. The first kappa shape index (κ1) is 20.9. The van der Waals surface area contributed by atoms with Crippen molar-refractivity contribution in [1.29, 1.82) is 5.26 Å². The maximum Gasteiger partial charge on any atom is 0.300 e.